The lowest BCUT2D eigenvalue weighted by atomic mass is 10.2. The van der Waals surface area contributed by atoms with Crippen LogP contribution in [-0.2, 0) is 11.0 Å². The predicted molar refractivity (Wildman–Crippen MR) is 68.3 cm³/mol. The number of halogens is 3. The summed E-state index contributed by atoms with van der Waals surface area (Å²) in [6, 6.07) is 6.14. The fraction of sp³-hybridized carbons (Fsp3) is 0.308. The smallest absolute Gasteiger partial charge is 0.329 e. The number of nitrogens with zero attached hydrogens (tertiary/aromatic N) is 2. The number of amides is 1. The number of carbonyl (C=O) groups excluding carboxylic acids is 1. The third-order valence-electron chi connectivity index (χ3n) is 2.57. The van der Waals surface area contributed by atoms with Crippen LogP contribution in [0.25, 0.3) is 11.4 Å². The summed E-state index contributed by atoms with van der Waals surface area (Å²) in [5, 5.41) is 5.95. The quantitative estimate of drug-likeness (QED) is 0.938. The van der Waals surface area contributed by atoms with E-state index in [2.05, 4.69) is 20.0 Å². The summed E-state index contributed by atoms with van der Waals surface area (Å²) in [5.74, 6) is -1.67. The molecule has 2 aromatic rings. The molecule has 0 unspecified atom stereocenters. The largest absolute Gasteiger partial charge is 0.471 e. The molecular formula is C13H12F3N3O2. The van der Waals surface area contributed by atoms with Gasteiger partial charge in [0.15, 0.2) is 0 Å². The van der Waals surface area contributed by atoms with E-state index in [1.165, 1.54) is 12.1 Å². The Bertz CT molecular complexity index is 620. The highest BCUT2D eigenvalue weighted by Gasteiger charge is 2.38. The van der Waals surface area contributed by atoms with Gasteiger partial charge in [-0.25, -0.2) is 0 Å². The summed E-state index contributed by atoms with van der Waals surface area (Å²) in [5.41, 5.74) is 0.916. The minimum absolute atomic E-state index is 0.121. The summed E-state index contributed by atoms with van der Waals surface area (Å²) < 4.78 is 41.2. The average Bonchev–Trinajstić information content (AvgIpc) is 2.89. The second kappa shape index (κ2) is 5.94. The molecule has 1 heterocycles. The average molecular weight is 299 g/mol. The van der Waals surface area contributed by atoms with E-state index >= 15 is 0 Å². The zero-order valence-electron chi connectivity index (χ0n) is 11.1. The van der Waals surface area contributed by atoms with Crippen LogP contribution >= 0.6 is 0 Å². The first-order chi connectivity index (χ1) is 9.90. The molecule has 0 spiro atoms. The second-order valence-electron chi connectivity index (χ2n) is 4.30. The van der Waals surface area contributed by atoms with Crippen LogP contribution in [0.5, 0.6) is 0 Å². The van der Waals surface area contributed by atoms with Crippen LogP contribution in [0.1, 0.15) is 25.7 Å². The maximum Gasteiger partial charge on any atom is 0.471 e. The van der Waals surface area contributed by atoms with Crippen molar-refractivity contribution in [1.82, 2.24) is 10.1 Å². The first-order valence-electron chi connectivity index (χ1n) is 6.21. The molecule has 0 saturated carbocycles. The van der Waals surface area contributed by atoms with E-state index in [0.29, 0.717) is 17.7 Å². The Balaban J connectivity index is 2.12. The van der Waals surface area contributed by atoms with Gasteiger partial charge in [-0.3, -0.25) is 4.79 Å². The molecule has 1 N–H and O–H groups in total. The number of alkyl halides is 3. The molecule has 0 atom stereocenters. The summed E-state index contributed by atoms with van der Waals surface area (Å²) in [7, 11) is 0. The number of rotatable bonds is 4. The zero-order valence-corrected chi connectivity index (χ0v) is 11.1. The zero-order chi connectivity index (χ0) is 15.5. The van der Waals surface area contributed by atoms with Crippen molar-refractivity contribution in [3.63, 3.8) is 0 Å². The van der Waals surface area contributed by atoms with E-state index in [1.807, 2.05) is 6.92 Å². The van der Waals surface area contributed by atoms with Crippen molar-refractivity contribution in [2.24, 2.45) is 0 Å². The lowest BCUT2D eigenvalue weighted by Gasteiger charge is -2.04. The monoisotopic (exact) mass is 299 g/mol. The second-order valence-corrected chi connectivity index (χ2v) is 4.30. The van der Waals surface area contributed by atoms with Gasteiger partial charge in [-0.1, -0.05) is 12.1 Å². The third kappa shape index (κ3) is 3.80. The molecular weight excluding hydrogens is 287 g/mol. The van der Waals surface area contributed by atoms with Gasteiger partial charge in [-0.05, 0) is 30.7 Å². The SMILES string of the molecule is CCCC(=O)Nc1ccc(-c2noc(C(F)(F)F)n2)cc1. The fourth-order valence-electron chi connectivity index (χ4n) is 1.61. The summed E-state index contributed by atoms with van der Waals surface area (Å²) in [6.07, 6.45) is -3.53. The Morgan fingerprint density at radius 1 is 1.29 bits per heavy atom. The number of nitrogens with one attached hydrogen (secondary N) is 1. The molecule has 8 heteroatoms. The van der Waals surface area contributed by atoms with Crippen molar-refractivity contribution in [2.45, 2.75) is 25.9 Å². The normalized spacial score (nSPS) is 11.4. The highest BCUT2D eigenvalue weighted by Crippen LogP contribution is 2.29. The number of anilines is 1. The number of carbonyl (C=O) groups is 1. The topological polar surface area (TPSA) is 68.0 Å². The Morgan fingerprint density at radius 2 is 1.95 bits per heavy atom. The molecule has 21 heavy (non-hydrogen) atoms. The van der Waals surface area contributed by atoms with Crippen molar-refractivity contribution in [3.05, 3.63) is 30.2 Å². The van der Waals surface area contributed by atoms with Gasteiger partial charge in [0.1, 0.15) is 0 Å². The Kier molecular flexibility index (Phi) is 4.25. The maximum atomic E-state index is 12.4. The van der Waals surface area contributed by atoms with E-state index in [-0.39, 0.29) is 11.7 Å². The van der Waals surface area contributed by atoms with Gasteiger partial charge in [0.25, 0.3) is 0 Å². The molecule has 0 saturated heterocycles. The predicted octanol–water partition coefficient (Wildman–Crippen LogP) is 3.49. The van der Waals surface area contributed by atoms with E-state index in [9.17, 15) is 18.0 Å². The van der Waals surface area contributed by atoms with Gasteiger partial charge >= 0.3 is 12.1 Å². The van der Waals surface area contributed by atoms with Crippen LogP contribution in [0.15, 0.2) is 28.8 Å². The molecule has 112 valence electrons. The minimum atomic E-state index is -4.67. The van der Waals surface area contributed by atoms with E-state index in [0.717, 1.165) is 6.42 Å². The molecule has 1 amide bonds. The van der Waals surface area contributed by atoms with Crippen LogP contribution in [0.2, 0.25) is 0 Å². The summed E-state index contributed by atoms with van der Waals surface area (Å²) in [6.45, 7) is 1.89. The first-order valence-corrected chi connectivity index (χ1v) is 6.21. The minimum Gasteiger partial charge on any atom is -0.329 e. The Labute approximate surface area is 118 Å². The third-order valence-corrected chi connectivity index (χ3v) is 2.57. The van der Waals surface area contributed by atoms with Gasteiger partial charge in [-0.2, -0.15) is 18.2 Å². The molecule has 0 bridgehead atoms. The fourth-order valence-corrected chi connectivity index (χ4v) is 1.61. The van der Waals surface area contributed by atoms with Crippen molar-refractivity contribution in [2.75, 3.05) is 5.32 Å². The number of hydrogen-bond donors (Lipinski definition) is 1. The van der Waals surface area contributed by atoms with E-state index in [1.54, 1.807) is 12.1 Å². The van der Waals surface area contributed by atoms with Crippen molar-refractivity contribution >= 4 is 11.6 Å². The molecule has 0 aliphatic heterocycles. The molecule has 0 radical (unpaired) electrons. The van der Waals surface area contributed by atoms with E-state index in [4.69, 9.17) is 0 Å². The number of aromatic nitrogens is 2. The van der Waals surface area contributed by atoms with Gasteiger partial charge in [-0.15, -0.1) is 0 Å². The van der Waals surface area contributed by atoms with Crippen molar-refractivity contribution in [1.29, 1.82) is 0 Å². The molecule has 0 aliphatic carbocycles. The highest BCUT2D eigenvalue weighted by atomic mass is 19.4. The molecule has 2 rings (SSSR count). The highest BCUT2D eigenvalue weighted by molar-refractivity contribution is 5.90. The number of hydrogen-bond acceptors (Lipinski definition) is 4. The van der Waals surface area contributed by atoms with Crippen LogP contribution < -0.4 is 5.32 Å². The molecule has 5 nitrogen and oxygen atoms in total. The van der Waals surface area contributed by atoms with Crippen molar-refractivity contribution in [3.8, 4) is 11.4 Å². The van der Waals surface area contributed by atoms with Gasteiger partial charge in [0.05, 0.1) is 0 Å². The van der Waals surface area contributed by atoms with Crippen LogP contribution in [0.3, 0.4) is 0 Å². The van der Waals surface area contributed by atoms with Crippen LogP contribution in [0.4, 0.5) is 18.9 Å². The lowest BCUT2D eigenvalue weighted by Crippen LogP contribution is -2.10. The standard InChI is InChI=1S/C13H12F3N3O2/c1-2-3-10(20)17-9-6-4-8(5-7-9)11-18-12(21-19-11)13(14,15)16/h4-7H,2-3H2,1H3,(H,17,20). The summed E-state index contributed by atoms with van der Waals surface area (Å²) >= 11 is 0. The maximum absolute atomic E-state index is 12.4. The molecule has 1 aromatic heterocycles. The summed E-state index contributed by atoms with van der Waals surface area (Å²) in [4.78, 5) is 14.7. The van der Waals surface area contributed by atoms with E-state index < -0.39 is 12.1 Å². The van der Waals surface area contributed by atoms with Crippen molar-refractivity contribution < 1.29 is 22.5 Å². The Morgan fingerprint density at radius 3 is 2.48 bits per heavy atom. The lowest BCUT2D eigenvalue weighted by molar-refractivity contribution is -0.159. The number of benzene rings is 1. The van der Waals surface area contributed by atoms with Gasteiger partial charge in [0, 0.05) is 17.7 Å². The first kappa shape index (κ1) is 15.0. The molecule has 0 fully saturated rings. The Hall–Kier alpha value is -2.38. The molecule has 1 aromatic carbocycles. The van der Waals surface area contributed by atoms with Crippen LogP contribution in [0, 0.1) is 0 Å². The van der Waals surface area contributed by atoms with Gasteiger partial charge < -0.3 is 9.84 Å². The van der Waals surface area contributed by atoms with Gasteiger partial charge in [0.2, 0.25) is 11.7 Å². The molecule has 0 aliphatic rings. The van der Waals surface area contributed by atoms with Crippen LogP contribution in [-0.4, -0.2) is 16.0 Å².